The first-order chi connectivity index (χ1) is 7.68. The molecule has 1 aliphatic heterocycles. The molecule has 0 spiro atoms. The van der Waals surface area contributed by atoms with Crippen molar-refractivity contribution < 1.29 is 9.53 Å². The number of halogens is 1. The zero-order chi connectivity index (χ0) is 11.5. The molecule has 1 amide bonds. The van der Waals surface area contributed by atoms with Gasteiger partial charge in [0.2, 0.25) is 0 Å². The Hall–Kier alpha value is -0.880. The van der Waals surface area contributed by atoms with Crippen LogP contribution < -0.4 is 5.32 Å². The quantitative estimate of drug-likeness (QED) is 0.886. The Morgan fingerprint density at radius 2 is 2.31 bits per heavy atom. The highest BCUT2D eigenvalue weighted by molar-refractivity contribution is 9.10. The summed E-state index contributed by atoms with van der Waals surface area (Å²) in [5, 5.41) is 7.01. The van der Waals surface area contributed by atoms with Crippen molar-refractivity contribution in [2.75, 3.05) is 13.2 Å². The van der Waals surface area contributed by atoms with E-state index >= 15 is 0 Å². The van der Waals surface area contributed by atoms with Crippen LogP contribution in [-0.2, 0) is 11.8 Å². The first-order valence-electron chi connectivity index (χ1n) is 5.24. The number of carbonyl (C=O) groups is 1. The van der Waals surface area contributed by atoms with E-state index in [9.17, 15) is 4.79 Å². The number of hydrogen-bond donors (Lipinski definition) is 1. The predicted molar refractivity (Wildman–Crippen MR) is 62.2 cm³/mol. The molecule has 2 rings (SSSR count). The molecule has 0 atom stereocenters. The Balaban J connectivity index is 2.02. The van der Waals surface area contributed by atoms with Gasteiger partial charge in [0.25, 0.3) is 5.91 Å². The second-order valence-corrected chi connectivity index (χ2v) is 4.68. The maximum Gasteiger partial charge on any atom is 0.270 e. The van der Waals surface area contributed by atoms with E-state index in [1.165, 1.54) is 0 Å². The Bertz CT molecular complexity index is 366. The normalized spacial score (nSPS) is 17.4. The molecule has 0 aliphatic carbocycles. The van der Waals surface area contributed by atoms with Crippen LogP contribution >= 0.6 is 15.9 Å². The number of hydrogen-bond acceptors (Lipinski definition) is 3. The van der Waals surface area contributed by atoms with Crippen molar-refractivity contribution in [1.29, 1.82) is 0 Å². The minimum absolute atomic E-state index is 0.0845. The maximum atomic E-state index is 12.0. The third-order valence-corrected chi connectivity index (χ3v) is 3.25. The molecule has 16 heavy (non-hydrogen) atoms. The molecule has 6 heteroatoms. The lowest BCUT2D eigenvalue weighted by Crippen LogP contribution is -2.39. The summed E-state index contributed by atoms with van der Waals surface area (Å²) in [7, 11) is 1.75. The lowest BCUT2D eigenvalue weighted by molar-refractivity contribution is 0.0692. The van der Waals surface area contributed by atoms with Crippen molar-refractivity contribution >= 4 is 21.8 Å². The van der Waals surface area contributed by atoms with E-state index in [0.717, 1.165) is 30.5 Å². The van der Waals surface area contributed by atoms with Gasteiger partial charge in [0.15, 0.2) is 0 Å². The highest BCUT2D eigenvalue weighted by Gasteiger charge is 2.20. The Kier molecular flexibility index (Phi) is 3.60. The molecule has 1 saturated heterocycles. The van der Waals surface area contributed by atoms with E-state index in [4.69, 9.17) is 4.74 Å². The van der Waals surface area contributed by atoms with Gasteiger partial charge in [-0.3, -0.25) is 9.48 Å². The number of ether oxygens (including phenoxy) is 1. The topological polar surface area (TPSA) is 56.2 Å². The van der Waals surface area contributed by atoms with Crippen molar-refractivity contribution in [3.8, 4) is 0 Å². The van der Waals surface area contributed by atoms with Crippen LogP contribution in [0, 0.1) is 0 Å². The van der Waals surface area contributed by atoms with Crippen molar-refractivity contribution in [1.82, 2.24) is 15.1 Å². The summed E-state index contributed by atoms with van der Waals surface area (Å²) in [5.74, 6) is -0.0845. The van der Waals surface area contributed by atoms with Crippen LogP contribution in [0.1, 0.15) is 23.3 Å². The monoisotopic (exact) mass is 287 g/mol. The highest BCUT2D eigenvalue weighted by Crippen LogP contribution is 2.16. The molecule has 1 N–H and O–H groups in total. The smallest absolute Gasteiger partial charge is 0.270 e. The van der Waals surface area contributed by atoms with Gasteiger partial charge in [-0.15, -0.1) is 0 Å². The number of nitrogens with zero attached hydrogens (tertiary/aromatic N) is 2. The van der Waals surface area contributed by atoms with E-state index in [-0.39, 0.29) is 11.9 Å². The molecule has 5 nitrogen and oxygen atoms in total. The molecular weight excluding hydrogens is 274 g/mol. The van der Waals surface area contributed by atoms with Gasteiger partial charge in [-0.05, 0) is 28.8 Å². The van der Waals surface area contributed by atoms with Crippen LogP contribution in [0.4, 0.5) is 0 Å². The van der Waals surface area contributed by atoms with Crippen LogP contribution in [-0.4, -0.2) is 34.9 Å². The van der Waals surface area contributed by atoms with E-state index in [1.807, 2.05) is 0 Å². The molecular formula is C10H14BrN3O2. The predicted octanol–water partition coefficient (Wildman–Crippen LogP) is 1.09. The van der Waals surface area contributed by atoms with E-state index in [2.05, 4.69) is 26.3 Å². The third-order valence-electron chi connectivity index (χ3n) is 2.67. The maximum absolute atomic E-state index is 12.0. The van der Waals surface area contributed by atoms with Crippen LogP contribution in [0.15, 0.2) is 10.7 Å². The van der Waals surface area contributed by atoms with Gasteiger partial charge >= 0.3 is 0 Å². The molecule has 2 heterocycles. The molecule has 1 fully saturated rings. The molecule has 1 aromatic rings. The summed E-state index contributed by atoms with van der Waals surface area (Å²) in [6.45, 7) is 1.44. The van der Waals surface area contributed by atoms with Gasteiger partial charge in [-0.25, -0.2) is 0 Å². The standard InChI is InChI=1S/C10H14BrN3O2/c1-14-9(8(11)6-12-14)10(15)13-7-2-4-16-5-3-7/h6-7H,2-5H2,1H3,(H,13,15). The number of nitrogens with one attached hydrogen (secondary N) is 1. The van der Waals surface area contributed by atoms with Crippen molar-refractivity contribution in [2.45, 2.75) is 18.9 Å². The summed E-state index contributed by atoms with van der Waals surface area (Å²) in [6, 6.07) is 0.211. The first-order valence-corrected chi connectivity index (χ1v) is 6.04. The molecule has 0 radical (unpaired) electrons. The fourth-order valence-corrected chi connectivity index (χ4v) is 2.29. The van der Waals surface area contributed by atoms with Crippen LogP contribution in [0.25, 0.3) is 0 Å². The number of rotatable bonds is 2. The Morgan fingerprint density at radius 1 is 1.62 bits per heavy atom. The number of aryl methyl sites for hydroxylation is 1. The SMILES string of the molecule is Cn1ncc(Br)c1C(=O)NC1CCOCC1. The molecule has 1 aliphatic rings. The van der Waals surface area contributed by atoms with Crippen LogP contribution in [0.3, 0.4) is 0 Å². The van der Waals surface area contributed by atoms with Crippen molar-refractivity contribution in [3.05, 3.63) is 16.4 Å². The molecule has 0 bridgehead atoms. The highest BCUT2D eigenvalue weighted by atomic mass is 79.9. The average Bonchev–Trinajstić information content (AvgIpc) is 2.60. The lowest BCUT2D eigenvalue weighted by Gasteiger charge is -2.23. The molecule has 1 aromatic heterocycles. The van der Waals surface area contributed by atoms with E-state index in [0.29, 0.717) is 5.69 Å². The molecule has 0 saturated carbocycles. The van der Waals surface area contributed by atoms with Crippen molar-refractivity contribution in [2.24, 2.45) is 7.05 Å². The Morgan fingerprint density at radius 3 is 2.88 bits per heavy atom. The lowest BCUT2D eigenvalue weighted by atomic mass is 10.1. The van der Waals surface area contributed by atoms with Gasteiger partial charge in [-0.2, -0.15) is 5.10 Å². The zero-order valence-corrected chi connectivity index (χ0v) is 10.7. The summed E-state index contributed by atoms with van der Waals surface area (Å²) in [4.78, 5) is 12.0. The van der Waals surface area contributed by atoms with Gasteiger partial charge in [0.05, 0.1) is 10.7 Å². The van der Waals surface area contributed by atoms with E-state index in [1.54, 1.807) is 17.9 Å². The number of carbonyl (C=O) groups excluding carboxylic acids is 1. The summed E-state index contributed by atoms with van der Waals surface area (Å²) in [6.07, 6.45) is 3.38. The summed E-state index contributed by atoms with van der Waals surface area (Å²) in [5.41, 5.74) is 0.562. The molecule has 0 aromatic carbocycles. The minimum atomic E-state index is -0.0845. The summed E-state index contributed by atoms with van der Waals surface area (Å²) < 4.78 is 7.53. The fraction of sp³-hybridized carbons (Fsp3) is 0.600. The number of aromatic nitrogens is 2. The second kappa shape index (κ2) is 4.97. The Labute approximate surface area is 102 Å². The third kappa shape index (κ3) is 2.44. The zero-order valence-electron chi connectivity index (χ0n) is 9.07. The van der Waals surface area contributed by atoms with Gasteiger partial charge in [-0.1, -0.05) is 0 Å². The average molecular weight is 288 g/mol. The first kappa shape index (κ1) is 11.6. The van der Waals surface area contributed by atoms with Crippen molar-refractivity contribution in [3.63, 3.8) is 0 Å². The molecule has 88 valence electrons. The second-order valence-electron chi connectivity index (χ2n) is 3.82. The number of amides is 1. The van der Waals surface area contributed by atoms with Crippen LogP contribution in [0.5, 0.6) is 0 Å². The van der Waals surface area contributed by atoms with Crippen LogP contribution in [0.2, 0.25) is 0 Å². The van der Waals surface area contributed by atoms with Gasteiger partial charge in [0, 0.05) is 26.3 Å². The molecule has 0 unspecified atom stereocenters. The summed E-state index contributed by atoms with van der Waals surface area (Å²) >= 11 is 3.31. The van der Waals surface area contributed by atoms with E-state index < -0.39 is 0 Å². The largest absolute Gasteiger partial charge is 0.381 e. The fourth-order valence-electron chi connectivity index (χ4n) is 1.76. The minimum Gasteiger partial charge on any atom is -0.381 e. The van der Waals surface area contributed by atoms with Gasteiger partial charge in [0.1, 0.15) is 5.69 Å². The van der Waals surface area contributed by atoms with Gasteiger partial charge < -0.3 is 10.1 Å².